The van der Waals surface area contributed by atoms with Crippen molar-refractivity contribution in [2.45, 2.75) is 0 Å². The molecule has 8 aromatic carbocycles. The van der Waals surface area contributed by atoms with Crippen molar-refractivity contribution in [3.8, 4) is 11.5 Å². The Morgan fingerprint density at radius 1 is 0.326 bits per heavy atom. The summed E-state index contributed by atoms with van der Waals surface area (Å²) in [6.45, 7) is 0. The third-order valence-electron chi connectivity index (χ3n) is 8.71. The lowest BCUT2D eigenvalue weighted by molar-refractivity contribution is 0.414. The van der Waals surface area contributed by atoms with Gasteiger partial charge in [0.05, 0.1) is 14.2 Å². The minimum absolute atomic E-state index is 0.837. The number of hydrogen-bond acceptors (Lipinski definition) is 4. The molecule has 0 saturated heterocycles. The Kier molecular flexibility index (Phi) is 6.88. The van der Waals surface area contributed by atoms with Crippen molar-refractivity contribution in [1.82, 2.24) is 0 Å². The lowest BCUT2D eigenvalue weighted by atomic mass is 9.93. The van der Waals surface area contributed by atoms with E-state index in [1.165, 1.54) is 32.3 Å². The van der Waals surface area contributed by atoms with Gasteiger partial charge >= 0.3 is 0 Å². The molecule has 222 valence electrons. The van der Waals surface area contributed by atoms with E-state index in [0.29, 0.717) is 0 Å². The van der Waals surface area contributed by atoms with Crippen LogP contribution in [-0.2, 0) is 0 Å². The molecule has 0 bridgehead atoms. The normalized spacial score (nSPS) is 11.3. The molecule has 0 aromatic heterocycles. The zero-order valence-electron chi connectivity index (χ0n) is 25.7. The summed E-state index contributed by atoms with van der Waals surface area (Å²) >= 11 is 0. The van der Waals surface area contributed by atoms with Crippen LogP contribution >= 0.6 is 0 Å². The summed E-state index contributed by atoms with van der Waals surface area (Å²) < 4.78 is 10.9. The lowest BCUT2D eigenvalue weighted by Gasteiger charge is -2.27. The first kappa shape index (κ1) is 27.5. The van der Waals surface area contributed by atoms with Crippen molar-refractivity contribution in [2.24, 2.45) is 0 Å². The van der Waals surface area contributed by atoms with Gasteiger partial charge in [0.2, 0.25) is 0 Å². The van der Waals surface area contributed by atoms with Crippen LogP contribution in [0.4, 0.5) is 34.1 Å². The highest BCUT2D eigenvalue weighted by atomic mass is 16.5. The Hall–Kier alpha value is -6.00. The quantitative estimate of drug-likeness (QED) is 0.163. The van der Waals surface area contributed by atoms with Crippen LogP contribution < -0.4 is 19.3 Å². The highest BCUT2D eigenvalue weighted by Gasteiger charge is 2.19. The molecule has 0 heterocycles. The van der Waals surface area contributed by atoms with Gasteiger partial charge in [-0.3, -0.25) is 0 Å². The van der Waals surface area contributed by atoms with Gasteiger partial charge in [-0.05, 0) is 129 Å². The maximum atomic E-state index is 5.45. The van der Waals surface area contributed by atoms with E-state index < -0.39 is 0 Å². The minimum atomic E-state index is 0.837. The van der Waals surface area contributed by atoms with E-state index >= 15 is 0 Å². The molecule has 0 aliphatic carbocycles. The second-order valence-electron chi connectivity index (χ2n) is 11.4. The summed E-state index contributed by atoms with van der Waals surface area (Å²) in [6.07, 6.45) is 0. The molecular formula is C42H32N2O2. The van der Waals surface area contributed by atoms with Gasteiger partial charge in [0.25, 0.3) is 0 Å². The van der Waals surface area contributed by atoms with E-state index in [9.17, 15) is 0 Å². The fraction of sp³-hybridized carbons (Fsp3) is 0.0476. The smallest absolute Gasteiger partial charge is 0.119 e. The largest absolute Gasteiger partial charge is 0.497 e. The number of anilines is 6. The van der Waals surface area contributed by atoms with Gasteiger partial charge in [-0.1, -0.05) is 60.7 Å². The van der Waals surface area contributed by atoms with Crippen LogP contribution in [0.1, 0.15) is 0 Å². The van der Waals surface area contributed by atoms with E-state index in [1.807, 2.05) is 24.3 Å². The summed E-state index contributed by atoms with van der Waals surface area (Å²) in [5, 5.41) is 7.41. The molecule has 0 atom stereocenters. The number of nitrogens with zero attached hydrogens (tertiary/aromatic N) is 2. The summed E-state index contributed by atoms with van der Waals surface area (Å²) in [5.74, 6) is 1.67. The third kappa shape index (κ3) is 4.81. The van der Waals surface area contributed by atoms with Gasteiger partial charge in [-0.25, -0.2) is 0 Å². The van der Waals surface area contributed by atoms with Gasteiger partial charge in [0.1, 0.15) is 11.5 Å². The number of rotatable bonds is 8. The molecular weight excluding hydrogens is 564 g/mol. The van der Waals surface area contributed by atoms with Gasteiger partial charge in [0, 0.05) is 34.1 Å². The van der Waals surface area contributed by atoms with Crippen LogP contribution in [0.25, 0.3) is 32.3 Å². The molecule has 4 heteroatoms. The Balaban J connectivity index is 1.29. The number of benzene rings is 8. The molecule has 4 nitrogen and oxygen atoms in total. The number of para-hydroxylation sites is 2. The van der Waals surface area contributed by atoms with Crippen LogP contribution in [0.2, 0.25) is 0 Å². The molecule has 0 aliphatic rings. The molecule has 0 saturated carbocycles. The topological polar surface area (TPSA) is 24.9 Å². The van der Waals surface area contributed by atoms with Crippen molar-refractivity contribution < 1.29 is 9.47 Å². The summed E-state index contributed by atoms with van der Waals surface area (Å²) in [5.41, 5.74) is 6.57. The minimum Gasteiger partial charge on any atom is -0.497 e. The molecule has 0 fully saturated rings. The average molecular weight is 597 g/mol. The highest BCUT2D eigenvalue weighted by Crippen LogP contribution is 2.44. The van der Waals surface area contributed by atoms with E-state index in [0.717, 1.165) is 45.6 Å². The van der Waals surface area contributed by atoms with Crippen molar-refractivity contribution >= 4 is 66.4 Å². The lowest BCUT2D eigenvalue weighted by Crippen LogP contribution is -2.10. The second kappa shape index (κ2) is 11.5. The first-order valence-corrected chi connectivity index (χ1v) is 15.4. The van der Waals surface area contributed by atoms with Crippen LogP contribution in [-0.4, -0.2) is 14.2 Å². The van der Waals surface area contributed by atoms with Crippen LogP contribution in [0.15, 0.2) is 158 Å². The Morgan fingerprint density at radius 3 is 0.935 bits per heavy atom. The number of methoxy groups -OCH3 is 2. The van der Waals surface area contributed by atoms with Crippen LogP contribution in [0, 0.1) is 0 Å². The molecule has 0 unspecified atom stereocenters. The zero-order chi connectivity index (χ0) is 31.0. The SMILES string of the molecule is COc1ccc(N(c2ccccc2)c2cc3ccc4cc(N(c5ccccc5)c5ccc(OC)cc5)cc5ccc(c2)c3c45)cc1. The predicted octanol–water partition coefficient (Wildman–Crippen LogP) is 11.5. The van der Waals surface area contributed by atoms with Gasteiger partial charge in [-0.2, -0.15) is 0 Å². The summed E-state index contributed by atoms with van der Waals surface area (Å²) in [7, 11) is 3.40. The predicted molar refractivity (Wildman–Crippen MR) is 193 cm³/mol. The molecule has 0 radical (unpaired) electrons. The molecule has 8 rings (SSSR count). The van der Waals surface area contributed by atoms with Crippen LogP contribution in [0.3, 0.4) is 0 Å². The molecule has 0 amide bonds. The number of hydrogen-bond donors (Lipinski definition) is 0. The maximum absolute atomic E-state index is 5.45. The van der Waals surface area contributed by atoms with Gasteiger partial charge in [0.15, 0.2) is 0 Å². The summed E-state index contributed by atoms with van der Waals surface area (Å²) in [6, 6.07) is 55.8. The number of ether oxygens (including phenoxy) is 2. The first-order valence-electron chi connectivity index (χ1n) is 15.4. The third-order valence-corrected chi connectivity index (χ3v) is 8.71. The standard InChI is InChI=1S/C42H32N2O2/c1-45-39-21-17-35(18-22-39)43(33-9-5-3-6-10-33)37-25-29-13-15-31-27-38(28-32-16-14-30(26-37)41(29)42(31)32)44(34-11-7-4-8-12-34)36-19-23-40(46-2)24-20-36/h3-28H,1-2H3. The molecule has 46 heavy (non-hydrogen) atoms. The second-order valence-corrected chi connectivity index (χ2v) is 11.4. The fourth-order valence-electron chi connectivity index (χ4n) is 6.57. The fourth-order valence-corrected chi connectivity index (χ4v) is 6.57. The maximum Gasteiger partial charge on any atom is 0.119 e. The highest BCUT2D eigenvalue weighted by molar-refractivity contribution is 6.24. The van der Waals surface area contributed by atoms with Crippen molar-refractivity contribution in [2.75, 3.05) is 24.0 Å². The molecule has 8 aromatic rings. The van der Waals surface area contributed by atoms with Crippen molar-refractivity contribution in [3.63, 3.8) is 0 Å². The molecule has 0 aliphatic heterocycles. The molecule has 0 N–H and O–H groups in total. The average Bonchev–Trinajstić information content (AvgIpc) is 3.12. The summed E-state index contributed by atoms with van der Waals surface area (Å²) in [4.78, 5) is 4.61. The Morgan fingerprint density at radius 2 is 0.630 bits per heavy atom. The van der Waals surface area contributed by atoms with Crippen LogP contribution in [0.5, 0.6) is 11.5 Å². The first-order chi connectivity index (χ1) is 22.7. The van der Waals surface area contributed by atoms with Crippen molar-refractivity contribution in [3.05, 3.63) is 158 Å². The monoisotopic (exact) mass is 596 g/mol. The van der Waals surface area contributed by atoms with E-state index in [-0.39, 0.29) is 0 Å². The zero-order valence-corrected chi connectivity index (χ0v) is 25.7. The van der Waals surface area contributed by atoms with Crippen molar-refractivity contribution in [1.29, 1.82) is 0 Å². The van der Waals surface area contributed by atoms with Gasteiger partial charge in [-0.15, -0.1) is 0 Å². The Labute approximate surface area is 268 Å². The Bertz CT molecular complexity index is 2030. The van der Waals surface area contributed by atoms with E-state index in [1.54, 1.807) is 14.2 Å². The van der Waals surface area contributed by atoms with E-state index in [4.69, 9.17) is 9.47 Å². The van der Waals surface area contributed by atoms with Gasteiger partial charge < -0.3 is 19.3 Å². The molecule has 0 spiro atoms. The van der Waals surface area contributed by atoms with E-state index in [2.05, 4.69) is 143 Å².